The molecule has 1 unspecified atom stereocenters. The predicted octanol–water partition coefficient (Wildman–Crippen LogP) is 3.74. The molecule has 4 rings (SSSR count). The Morgan fingerprint density at radius 2 is 1.57 bits per heavy atom. The molecule has 0 radical (unpaired) electrons. The molecule has 30 heavy (non-hydrogen) atoms. The van der Waals surface area contributed by atoms with E-state index >= 15 is 0 Å². The van der Waals surface area contributed by atoms with Crippen LogP contribution in [0.3, 0.4) is 0 Å². The zero-order valence-corrected chi connectivity index (χ0v) is 17.2. The van der Waals surface area contributed by atoms with E-state index in [0.717, 1.165) is 22.0 Å². The molecule has 1 N–H and O–H groups in total. The number of nitrogens with zero attached hydrogens (tertiary/aromatic N) is 2. The molecule has 3 aromatic rings. The number of carbonyl (C=O) groups excluding carboxylic acids is 3. The normalized spacial score (nSPS) is 18.6. The molecule has 1 aliphatic heterocycles. The molecule has 6 nitrogen and oxygen atoms in total. The molecule has 1 aliphatic rings. The van der Waals surface area contributed by atoms with E-state index in [-0.39, 0.29) is 12.3 Å². The molecule has 1 fully saturated rings. The zero-order chi connectivity index (χ0) is 21.5. The lowest BCUT2D eigenvalue weighted by atomic mass is 9.92. The van der Waals surface area contributed by atoms with E-state index in [9.17, 15) is 14.4 Å². The van der Waals surface area contributed by atoms with Gasteiger partial charge in [-0.05, 0) is 44.5 Å². The van der Waals surface area contributed by atoms with E-state index in [1.165, 1.54) is 0 Å². The Morgan fingerprint density at radius 1 is 0.967 bits per heavy atom. The molecule has 6 heteroatoms. The van der Waals surface area contributed by atoms with Crippen LogP contribution in [0.5, 0.6) is 0 Å². The van der Waals surface area contributed by atoms with Crippen molar-refractivity contribution in [2.24, 2.45) is 0 Å². The number of hydrogen-bond acceptors (Lipinski definition) is 3. The summed E-state index contributed by atoms with van der Waals surface area (Å²) in [6.07, 6.45) is 0. The van der Waals surface area contributed by atoms with Crippen LogP contribution >= 0.6 is 0 Å². The smallest absolute Gasteiger partial charge is 0.319 e. The number of rotatable bonds is 5. The highest BCUT2D eigenvalue weighted by Crippen LogP contribution is 2.29. The molecule has 2 aromatic carbocycles. The number of para-hydroxylation sites is 1. The number of carbonyl (C=O) groups is 3. The molecule has 1 saturated heterocycles. The van der Waals surface area contributed by atoms with Crippen molar-refractivity contribution in [3.05, 3.63) is 89.2 Å². The topological polar surface area (TPSA) is 71.4 Å². The van der Waals surface area contributed by atoms with E-state index in [1.54, 1.807) is 25.1 Å². The molecule has 3 amide bonds. The molecular formula is C24H23N3O3. The third kappa shape index (κ3) is 3.10. The van der Waals surface area contributed by atoms with Gasteiger partial charge in [-0.3, -0.25) is 14.5 Å². The quantitative estimate of drug-likeness (QED) is 0.523. The minimum Gasteiger partial charge on any atom is -0.319 e. The van der Waals surface area contributed by atoms with Gasteiger partial charge in [-0.2, -0.15) is 0 Å². The van der Waals surface area contributed by atoms with Crippen LogP contribution in [0.1, 0.15) is 34.2 Å². The van der Waals surface area contributed by atoms with Crippen molar-refractivity contribution in [1.29, 1.82) is 0 Å². The monoisotopic (exact) mass is 401 g/mol. The number of ketones is 1. The molecule has 1 atom stereocenters. The average Bonchev–Trinajstić information content (AvgIpc) is 3.17. The van der Waals surface area contributed by atoms with E-state index in [1.807, 2.05) is 66.9 Å². The first-order valence-corrected chi connectivity index (χ1v) is 9.80. The summed E-state index contributed by atoms with van der Waals surface area (Å²) < 4.78 is 1.99. The Balaban J connectivity index is 1.61. The minimum absolute atomic E-state index is 0.272. The van der Waals surface area contributed by atoms with Crippen molar-refractivity contribution in [3.63, 3.8) is 0 Å². The van der Waals surface area contributed by atoms with Gasteiger partial charge in [0.25, 0.3) is 5.91 Å². The van der Waals surface area contributed by atoms with E-state index < -0.39 is 17.5 Å². The molecule has 0 aliphatic carbocycles. The summed E-state index contributed by atoms with van der Waals surface area (Å²) in [6.45, 7) is 5.16. The first-order valence-electron chi connectivity index (χ1n) is 9.80. The highest BCUT2D eigenvalue weighted by molar-refractivity contribution is 6.11. The van der Waals surface area contributed by atoms with E-state index in [4.69, 9.17) is 0 Å². The van der Waals surface area contributed by atoms with Crippen LogP contribution < -0.4 is 5.32 Å². The minimum atomic E-state index is -1.18. The fourth-order valence-corrected chi connectivity index (χ4v) is 4.06. The van der Waals surface area contributed by atoms with Gasteiger partial charge in [0, 0.05) is 22.6 Å². The van der Waals surface area contributed by atoms with Crippen LogP contribution in [-0.2, 0) is 10.3 Å². The van der Waals surface area contributed by atoms with Gasteiger partial charge in [0.1, 0.15) is 5.54 Å². The number of amides is 3. The Bertz CT molecular complexity index is 1140. The van der Waals surface area contributed by atoms with Crippen LogP contribution in [0.25, 0.3) is 5.69 Å². The molecule has 0 bridgehead atoms. The van der Waals surface area contributed by atoms with Crippen LogP contribution in [0.2, 0.25) is 0 Å². The summed E-state index contributed by atoms with van der Waals surface area (Å²) in [6, 6.07) is 20.0. The summed E-state index contributed by atoms with van der Waals surface area (Å²) in [5.74, 6) is -0.699. The second-order valence-corrected chi connectivity index (χ2v) is 7.69. The number of aryl methyl sites for hydroxylation is 1. The van der Waals surface area contributed by atoms with Gasteiger partial charge in [-0.1, -0.05) is 48.5 Å². The maximum Gasteiger partial charge on any atom is 0.325 e. The third-order valence-corrected chi connectivity index (χ3v) is 5.67. The lowest BCUT2D eigenvalue weighted by molar-refractivity contribution is -0.130. The standard InChI is InChI=1S/C24H23N3O3/c1-16-14-20(17(2)27(16)19-12-8-5-9-13-19)21(28)15-26-22(29)24(3,25-23(26)30)18-10-6-4-7-11-18/h4-14H,15H2,1-3H3,(H,25,30). The predicted molar refractivity (Wildman–Crippen MR) is 114 cm³/mol. The Hall–Kier alpha value is -3.67. The average molecular weight is 401 g/mol. The fraction of sp³-hybridized carbons (Fsp3) is 0.208. The van der Waals surface area contributed by atoms with Crippen LogP contribution in [-0.4, -0.2) is 33.7 Å². The van der Waals surface area contributed by atoms with E-state index in [0.29, 0.717) is 11.1 Å². The molecule has 2 heterocycles. The Morgan fingerprint density at radius 3 is 2.20 bits per heavy atom. The number of hydrogen-bond donors (Lipinski definition) is 1. The highest BCUT2D eigenvalue weighted by Gasteiger charge is 2.49. The van der Waals surface area contributed by atoms with E-state index in [2.05, 4.69) is 5.32 Å². The summed E-state index contributed by atoms with van der Waals surface area (Å²) in [4.78, 5) is 39.7. The Kier molecular flexibility index (Phi) is 4.78. The summed E-state index contributed by atoms with van der Waals surface area (Å²) in [5.41, 5.74) is 2.65. The third-order valence-electron chi connectivity index (χ3n) is 5.67. The largest absolute Gasteiger partial charge is 0.325 e. The SMILES string of the molecule is Cc1cc(C(=O)CN2C(=O)NC(C)(c3ccccc3)C2=O)c(C)n1-c1ccccc1. The zero-order valence-electron chi connectivity index (χ0n) is 17.2. The lowest BCUT2D eigenvalue weighted by Gasteiger charge is -2.22. The second-order valence-electron chi connectivity index (χ2n) is 7.69. The number of imide groups is 1. The van der Waals surface area contributed by atoms with Crippen molar-refractivity contribution in [1.82, 2.24) is 14.8 Å². The van der Waals surface area contributed by atoms with Crippen molar-refractivity contribution < 1.29 is 14.4 Å². The summed E-state index contributed by atoms with van der Waals surface area (Å²) in [5, 5.41) is 2.74. The number of urea groups is 1. The Labute approximate surface area is 175 Å². The van der Waals surface area contributed by atoms with Gasteiger partial charge < -0.3 is 9.88 Å². The second kappa shape index (κ2) is 7.30. The molecular weight excluding hydrogens is 378 g/mol. The number of aromatic nitrogens is 1. The van der Waals surface area contributed by atoms with Crippen molar-refractivity contribution in [2.45, 2.75) is 26.3 Å². The maximum absolute atomic E-state index is 13.1. The van der Waals surface area contributed by atoms with Crippen molar-refractivity contribution in [2.75, 3.05) is 6.54 Å². The van der Waals surface area contributed by atoms with Gasteiger partial charge in [-0.15, -0.1) is 0 Å². The highest BCUT2D eigenvalue weighted by atomic mass is 16.2. The number of nitrogens with one attached hydrogen (secondary N) is 1. The van der Waals surface area contributed by atoms with Gasteiger partial charge in [0.2, 0.25) is 0 Å². The first-order chi connectivity index (χ1) is 14.3. The van der Waals surface area contributed by atoms with Crippen LogP contribution in [0.15, 0.2) is 66.7 Å². The molecule has 0 saturated carbocycles. The first kappa shape index (κ1) is 19.6. The number of Topliss-reactive ketones (excluding diaryl/α,β-unsaturated/α-hetero) is 1. The van der Waals surface area contributed by atoms with Gasteiger partial charge in [-0.25, -0.2) is 4.79 Å². The van der Waals surface area contributed by atoms with Crippen LogP contribution in [0, 0.1) is 13.8 Å². The van der Waals surface area contributed by atoms with Crippen molar-refractivity contribution >= 4 is 17.7 Å². The summed E-state index contributed by atoms with van der Waals surface area (Å²) in [7, 11) is 0. The van der Waals surface area contributed by atoms with Gasteiger partial charge in [0.15, 0.2) is 5.78 Å². The lowest BCUT2D eigenvalue weighted by Crippen LogP contribution is -2.41. The summed E-state index contributed by atoms with van der Waals surface area (Å²) >= 11 is 0. The maximum atomic E-state index is 13.1. The van der Waals surface area contributed by atoms with Gasteiger partial charge >= 0.3 is 6.03 Å². The molecule has 0 spiro atoms. The van der Waals surface area contributed by atoms with Crippen LogP contribution in [0.4, 0.5) is 4.79 Å². The number of benzene rings is 2. The fourth-order valence-electron chi connectivity index (χ4n) is 4.06. The van der Waals surface area contributed by atoms with Crippen molar-refractivity contribution in [3.8, 4) is 5.69 Å². The molecule has 152 valence electrons. The van der Waals surface area contributed by atoms with Gasteiger partial charge in [0.05, 0.1) is 6.54 Å². The molecule has 1 aromatic heterocycles.